The second kappa shape index (κ2) is 9.99. The summed E-state index contributed by atoms with van der Waals surface area (Å²) in [5.74, 6) is 0.668. The summed E-state index contributed by atoms with van der Waals surface area (Å²) in [7, 11) is 0. The molecule has 0 atom stereocenters. The first-order valence-electron chi connectivity index (χ1n) is 16.8. The summed E-state index contributed by atoms with van der Waals surface area (Å²) in [6, 6.07) is 56.4. The number of benzene rings is 7. The minimum atomic E-state index is 0.668. The lowest BCUT2D eigenvalue weighted by atomic mass is 10.00. The summed E-state index contributed by atoms with van der Waals surface area (Å²) >= 11 is 0. The molecule has 0 unspecified atom stereocenters. The highest BCUT2D eigenvalue weighted by molar-refractivity contribution is 6.27. The van der Waals surface area contributed by atoms with Gasteiger partial charge in [0.2, 0.25) is 5.95 Å². The van der Waals surface area contributed by atoms with Crippen LogP contribution in [0.3, 0.4) is 0 Å². The Kier molecular flexibility index (Phi) is 5.41. The zero-order valence-corrected chi connectivity index (χ0v) is 26.5. The van der Waals surface area contributed by atoms with E-state index in [1.807, 2.05) is 6.07 Å². The average Bonchev–Trinajstić information content (AvgIpc) is 3.82. The highest BCUT2D eigenvalue weighted by Gasteiger charge is 2.27. The molecular formula is C45H28N4. The van der Waals surface area contributed by atoms with Crippen LogP contribution in [-0.2, 0) is 6.42 Å². The normalized spacial score (nSPS) is 12.4. The summed E-state index contributed by atoms with van der Waals surface area (Å²) in [6.45, 7) is 0. The van der Waals surface area contributed by atoms with E-state index in [0.717, 1.165) is 45.3 Å². The molecule has 0 aliphatic heterocycles. The third-order valence-electron chi connectivity index (χ3n) is 10.4. The minimum absolute atomic E-state index is 0.668. The first-order valence-corrected chi connectivity index (χ1v) is 16.8. The number of hydrogen-bond acceptors (Lipinski definition) is 2. The lowest BCUT2D eigenvalue weighted by Gasteiger charge is -2.12. The second-order valence-electron chi connectivity index (χ2n) is 13.0. The Hall–Kier alpha value is -6.52. The van der Waals surface area contributed by atoms with E-state index in [1.165, 1.54) is 54.8 Å². The molecule has 0 N–H and O–H groups in total. The molecule has 0 fully saturated rings. The van der Waals surface area contributed by atoms with E-state index in [4.69, 9.17) is 9.97 Å². The lowest BCUT2D eigenvalue weighted by Crippen LogP contribution is -2.03. The number of aromatic nitrogens is 4. The molecule has 228 valence electrons. The molecule has 0 radical (unpaired) electrons. The van der Waals surface area contributed by atoms with Gasteiger partial charge in [-0.3, -0.25) is 4.57 Å². The van der Waals surface area contributed by atoms with E-state index in [-0.39, 0.29) is 0 Å². The van der Waals surface area contributed by atoms with Gasteiger partial charge < -0.3 is 4.57 Å². The summed E-state index contributed by atoms with van der Waals surface area (Å²) < 4.78 is 4.74. The molecule has 3 aromatic heterocycles. The van der Waals surface area contributed by atoms with Crippen molar-refractivity contribution < 1.29 is 0 Å². The minimum Gasteiger partial charge on any atom is -0.309 e. The Morgan fingerprint density at radius 1 is 0.449 bits per heavy atom. The van der Waals surface area contributed by atoms with Gasteiger partial charge in [-0.2, -0.15) is 0 Å². The van der Waals surface area contributed by atoms with E-state index in [0.29, 0.717) is 5.95 Å². The maximum Gasteiger partial charge on any atom is 0.235 e. The molecule has 4 heteroatoms. The van der Waals surface area contributed by atoms with Crippen molar-refractivity contribution in [3.8, 4) is 34.0 Å². The zero-order chi connectivity index (χ0) is 32.1. The monoisotopic (exact) mass is 624 g/mol. The quantitative estimate of drug-likeness (QED) is 0.196. The Balaban J connectivity index is 1.30. The summed E-state index contributed by atoms with van der Waals surface area (Å²) in [5, 5.41) is 6.03. The van der Waals surface area contributed by atoms with Crippen LogP contribution >= 0.6 is 0 Å². The molecule has 10 aromatic rings. The molecule has 49 heavy (non-hydrogen) atoms. The van der Waals surface area contributed by atoms with Gasteiger partial charge >= 0.3 is 0 Å². The van der Waals surface area contributed by atoms with Gasteiger partial charge in [0, 0.05) is 38.2 Å². The molecule has 3 heterocycles. The molecule has 11 rings (SSSR count). The van der Waals surface area contributed by atoms with Crippen LogP contribution in [0, 0.1) is 0 Å². The van der Waals surface area contributed by atoms with E-state index < -0.39 is 0 Å². The Labute approximate surface area is 282 Å². The van der Waals surface area contributed by atoms with Gasteiger partial charge in [0.25, 0.3) is 0 Å². The van der Waals surface area contributed by atoms with Crippen LogP contribution in [0.2, 0.25) is 0 Å². The lowest BCUT2D eigenvalue weighted by molar-refractivity contribution is 1.01. The fourth-order valence-corrected chi connectivity index (χ4v) is 8.32. The molecule has 1 aliphatic rings. The maximum atomic E-state index is 5.33. The van der Waals surface area contributed by atoms with Gasteiger partial charge in [0.1, 0.15) is 0 Å². The summed E-state index contributed by atoms with van der Waals surface area (Å²) in [4.78, 5) is 10.6. The third kappa shape index (κ3) is 3.68. The van der Waals surface area contributed by atoms with Crippen LogP contribution < -0.4 is 0 Å². The number of fused-ring (bicyclic) bond motifs is 12. The van der Waals surface area contributed by atoms with Crippen molar-refractivity contribution >= 4 is 54.5 Å². The number of para-hydroxylation sites is 3. The van der Waals surface area contributed by atoms with Crippen LogP contribution in [0.1, 0.15) is 11.1 Å². The molecule has 1 aliphatic carbocycles. The topological polar surface area (TPSA) is 35.6 Å². The third-order valence-corrected chi connectivity index (χ3v) is 10.4. The van der Waals surface area contributed by atoms with Gasteiger partial charge in [0.15, 0.2) is 0 Å². The highest BCUT2D eigenvalue weighted by atomic mass is 15.2. The molecule has 0 saturated carbocycles. The molecule has 0 spiro atoms. The van der Waals surface area contributed by atoms with E-state index in [2.05, 4.69) is 161 Å². The Morgan fingerprint density at radius 3 is 2.02 bits per heavy atom. The Morgan fingerprint density at radius 2 is 1.14 bits per heavy atom. The molecule has 0 amide bonds. The van der Waals surface area contributed by atoms with Crippen molar-refractivity contribution in [2.75, 3.05) is 0 Å². The molecule has 0 bridgehead atoms. The number of nitrogens with zero attached hydrogens (tertiary/aromatic N) is 4. The Bertz CT molecular complexity index is 2950. The molecule has 7 aromatic carbocycles. The fourth-order valence-electron chi connectivity index (χ4n) is 8.32. The van der Waals surface area contributed by atoms with Gasteiger partial charge in [-0.05, 0) is 65.1 Å². The van der Waals surface area contributed by atoms with E-state index >= 15 is 0 Å². The maximum absolute atomic E-state index is 5.33. The molecule has 4 nitrogen and oxygen atoms in total. The van der Waals surface area contributed by atoms with Crippen molar-refractivity contribution in [1.82, 2.24) is 19.1 Å². The zero-order valence-electron chi connectivity index (χ0n) is 26.5. The predicted molar refractivity (Wildman–Crippen MR) is 202 cm³/mol. The van der Waals surface area contributed by atoms with Crippen LogP contribution in [0.4, 0.5) is 0 Å². The first-order chi connectivity index (χ1) is 24.3. The van der Waals surface area contributed by atoms with Crippen molar-refractivity contribution in [2.45, 2.75) is 6.42 Å². The van der Waals surface area contributed by atoms with Crippen LogP contribution in [-0.4, -0.2) is 19.1 Å². The smallest absolute Gasteiger partial charge is 0.235 e. The van der Waals surface area contributed by atoms with Crippen molar-refractivity contribution in [3.05, 3.63) is 169 Å². The van der Waals surface area contributed by atoms with Crippen LogP contribution in [0.5, 0.6) is 0 Å². The van der Waals surface area contributed by atoms with Crippen molar-refractivity contribution in [3.63, 3.8) is 0 Å². The van der Waals surface area contributed by atoms with Gasteiger partial charge in [0.05, 0.1) is 33.3 Å². The fraction of sp³-hybridized carbons (Fsp3) is 0.0222. The van der Waals surface area contributed by atoms with Gasteiger partial charge in [-0.15, -0.1) is 0 Å². The van der Waals surface area contributed by atoms with E-state index in [9.17, 15) is 0 Å². The highest BCUT2D eigenvalue weighted by Crippen LogP contribution is 2.47. The molecular weight excluding hydrogens is 597 g/mol. The SMILES string of the molecule is c1ccc(-c2nc(-n3c4ccccc4c4c3ccc3c5c6c(ccc5n(-c5ccccc5)c34)-c3ccccc3C6)nc3ccccc23)cc1. The first kappa shape index (κ1) is 26.5. The summed E-state index contributed by atoms with van der Waals surface area (Å²) in [6.07, 6.45) is 0.934. The number of rotatable bonds is 3. The van der Waals surface area contributed by atoms with Gasteiger partial charge in [-0.1, -0.05) is 121 Å². The second-order valence-corrected chi connectivity index (χ2v) is 13.0. The van der Waals surface area contributed by atoms with Crippen LogP contribution in [0.15, 0.2) is 158 Å². The van der Waals surface area contributed by atoms with Crippen LogP contribution in [0.25, 0.3) is 88.5 Å². The van der Waals surface area contributed by atoms with Crippen molar-refractivity contribution in [1.29, 1.82) is 0 Å². The predicted octanol–water partition coefficient (Wildman–Crippen LogP) is 11.1. The number of hydrogen-bond donors (Lipinski definition) is 0. The molecule has 0 saturated heterocycles. The van der Waals surface area contributed by atoms with E-state index in [1.54, 1.807) is 0 Å². The van der Waals surface area contributed by atoms with Gasteiger partial charge in [-0.25, -0.2) is 9.97 Å². The largest absolute Gasteiger partial charge is 0.309 e. The summed E-state index contributed by atoms with van der Waals surface area (Å²) in [5.41, 5.74) is 14.2. The standard InChI is InChI=1S/C45H28N4/c1-3-13-28(14-4-1)43-33-19-9-11-21-37(33)46-45(47-43)49-38-22-12-10-20-34(38)42-40(49)26-24-35-41-36-27-29-15-7-8-18-31(29)32(36)23-25-39(41)48(44(35)42)30-16-5-2-6-17-30/h1-26H,27H2. The van der Waals surface area contributed by atoms with Crippen molar-refractivity contribution in [2.24, 2.45) is 0 Å². The average molecular weight is 625 g/mol.